The van der Waals surface area contributed by atoms with Gasteiger partial charge in [0.2, 0.25) is 0 Å². The molecule has 2 bridgehead atoms. The fourth-order valence-corrected chi connectivity index (χ4v) is 3.04. The van der Waals surface area contributed by atoms with E-state index in [4.69, 9.17) is 0 Å². The molecule has 14 heavy (non-hydrogen) atoms. The zero-order valence-electron chi connectivity index (χ0n) is 8.52. The average Bonchev–Trinajstić information content (AvgIpc) is 2.81. The van der Waals surface area contributed by atoms with Gasteiger partial charge in [0.05, 0.1) is 0 Å². The molecule has 1 saturated carbocycles. The van der Waals surface area contributed by atoms with Crippen LogP contribution in [-0.2, 0) is 6.54 Å². The van der Waals surface area contributed by atoms with E-state index >= 15 is 0 Å². The van der Waals surface area contributed by atoms with Crippen LogP contribution in [0.1, 0.15) is 24.8 Å². The summed E-state index contributed by atoms with van der Waals surface area (Å²) in [6.45, 7) is 2.52. The molecule has 0 radical (unpaired) electrons. The first-order valence-corrected chi connectivity index (χ1v) is 5.70. The van der Waals surface area contributed by atoms with Gasteiger partial charge in [0.1, 0.15) is 0 Å². The fourth-order valence-electron chi connectivity index (χ4n) is 3.04. The van der Waals surface area contributed by atoms with E-state index in [9.17, 15) is 0 Å². The molecule has 1 aromatic carbocycles. The van der Waals surface area contributed by atoms with Crippen LogP contribution < -0.4 is 0 Å². The van der Waals surface area contributed by atoms with Gasteiger partial charge in [-0.3, -0.25) is 4.90 Å². The van der Waals surface area contributed by atoms with Gasteiger partial charge in [-0.15, -0.1) is 0 Å². The minimum absolute atomic E-state index is 0.903. The standard InChI is InChI=1S/C13H17N/c1-2-4-11(5-3-1)9-14-10-12-6-7-13(14)8-12/h1-5,12-13H,6-10H2. The van der Waals surface area contributed by atoms with Crippen molar-refractivity contribution in [2.75, 3.05) is 6.54 Å². The van der Waals surface area contributed by atoms with Gasteiger partial charge in [-0.1, -0.05) is 30.3 Å². The Hall–Kier alpha value is -0.820. The summed E-state index contributed by atoms with van der Waals surface area (Å²) in [5.41, 5.74) is 1.47. The molecule has 0 spiro atoms. The average molecular weight is 187 g/mol. The maximum absolute atomic E-state index is 2.67. The van der Waals surface area contributed by atoms with E-state index in [0.29, 0.717) is 0 Å². The second-order valence-corrected chi connectivity index (χ2v) is 4.75. The van der Waals surface area contributed by atoms with Crippen molar-refractivity contribution in [1.82, 2.24) is 4.90 Å². The lowest BCUT2D eigenvalue weighted by Crippen LogP contribution is -2.31. The SMILES string of the molecule is c1ccc(CN2CC3CCC2C3)cc1. The van der Waals surface area contributed by atoms with E-state index in [-0.39, 0.29) is 0 Å². The lowest BCUT2D eigenvalue weighted by molar-refractivity contribution is 0.205. The van der Waals surface area contributed by atoms with E-state index in [1.165, 1.54) is 37.9 Å². The molecule has 0 aromatic heterocycles. The molecule has 2 fully saturated rings. The minimum Gasteiger partial charge on any atom is -0.296 e. The number of likely N-dealkylation sites (tertiary alicyclic amines) is 1. The summed E-state index contributed by atoms with van der Waals surface area (Å²) in [4.78, 5) is 2.67. The third kappa shape index (κ3) is 1.46. The van der Waals surface area contributed by atoms with Gasteiger partial charge >= 0.3 is 0 Å². The zero-order chi connectivity index (χ0) is 9.38. The molecule has 1 aliphatic heterocycles. The Labute approximate surface area is 85.7 Å². The molecule has 1 heteroatoms. The summed E-state index contributed by atoms with van der Waals surface area (Å²) in [6.07, 6.45) is 4.39. The van der Waals surface area contributed by atoms with Crippen LogP contribution in [0.15, 0.2) is 30.3 Å². The predicted octanol–water partition coefficient (Wildman–Crippen LogP) is 2.67. The zero-order valence-corrected chi connectivity index (χ0v) is 8.52. The molecule has 1 aliphatic carbocycles. The quantitative estimate of drug-likeness (QED) is 0.688. The predicted molar refractivity (Wildman–Crippen MR) is 58.0 cm³/mol. The first-order valence-electron chi connectivity index (χ1n) is 5.70. The lowest BCUT2D eigenvalue weighted by Gasteiger charge is -2.26. The highest BCUT2D eigenvalue weighted by Gasteiger charge is 2.37. The van der Waals surface area contributed by atoms with Crippen molar-refractivity contribution in [2.24, 2.45) is 5.92 Å². The van der Waals surface area contributed by atoms with Crippen LogP contribution in [0.25, 0.3) is 0 Å². The number of fused-ring (bicyclic) bond motifs is 2. The van der Waals surface area contributed by atoms with Crippen molar-refractivity contribution < 1.29 is 0 Å². The second-order valence-electron chi connectivity index (χ2n) is 4.75. The summed E-state index contributed by atoms with van der Waals surface area (Å²) in [5, 5.41) is 0. The molecule has 1 nitrogen and oxygen atoms in total. The van der Waals surface area contributed by atoms with E-state index in [1.807, 2.05) is 0 Å². The normalized spacial score (nSPS) is 31.1. The number of piperidine rings is 1. The van der Waals surface area contributed by atoms with Crippen LogP contribution in [0.4, 0.5) is 0 Å². The van der Waals surface area contributed by atoms with Gasteiger partial charge in [-0.2, -0.15) is 0 Å². The van der Waals surface area contributed by atoms with Crippen molar-refractivity contribution in [3.05, 3.63) is 35.9 Å². The van der Waals surface area contributed by atoms with Crippen molar-refractivity contribution in [2.45, 2.75) is 31.8 Å². The summed E-state index contributed by atoms with van der Waals surface area (Å²) in [6, 6.07) is 11.8. The number of benzene rings is 1. The lowest BCUT2D eigenvalue weighted by atomic mass is 10.1. The van der Waals surface area contributed by atoms with Gasteiger partial charge in [0, 0.05) is 19.1 Å². The maximum atomic E-state index is 2.67. The minimum atomic E-state index is 0.903. The fraction of sp³-hybridized carbons (Fsp3) is 0.538. The number of hydrogen-bond donors (Lipinski definition) is 0. The molecule has 2 unspecified atom stereocenters. The molecule has 1 aromatic rings. The highest BCUT2D eigenvalue weighted by atomic mass is 15.2. The van der Waals surface area contributed by atoms with Gasteiger partial charge in [0.25, 0.3) is 0 Å². The van der Waals surface area contributed by atoms with Crippen LogP contribution in [0.5, 0.6) is 0 Å². The Morgan fingerprint density at radius 3 is 2.64 bits per heavy atom. The van der Waals surface area contributed by atoms with E-state index in [0.717, 1.165) is 12.0 Å². The van der Waals surface area contributed by atoms with Crippen LogP contribution in [0.2, 0.25) is 0 Å². The van der Waals surface area contributed by atoms with E-state index in [1.54, 1.807) is 0 Å². The summed E-state index contributed by atoms with van der Waals surface area (Å²) >= 11 is 0. The third-order valence-corrected chi connectivity index (χ3v) is 3.75. The molecule has 1 saturated heterocycles. The molecule has 1 heterocycles. The third-order valence-electron chi connectivity index (χ3n) is 3.75. The van der Waals surface area contributed by atoms with Crippen LogP contribution in [0.3, 0.4) is 0 Å². The molecule has 0 amide bonds. The van der Waals surface area contributed by atoms with Crippen molar-refractivity contribution in [3.63, 3.8) is 0 Å². The first kappa shape index (κ1) is 8.49. The Bertz CT molecular complexity index is 306. The summed E-state index contributed by atoms with van der Waals surface area (Å²) in [5.74, 6) is 1.02. The molecular formula is C13H17N. The maximum Gasteiger partial charge on any atom is 0.0236 e. The van der Waals surface area contributed by atoms with Crippen LogP contribution >= 0.6 is 0 Å². The Morgan fingerprint density at radius 2 is 2.00 bits per heavy atom. The topological polar surface area (TPSA) is 3.24 Å². The van der Waals surface area contributed by atoms with Gasteiger partial charge in [-0.25, -0.2) is 0 Å². The highest BCUT2D eigenvalue weighted by Crippen LogP contribution is 2.37. The smallest absolute Gasteiger partial charge is 0.0236 e. The first-order chi connectivity index (χ1) is 6.92. The van der Waals surface area contributed by atoms with Crippen molar-refractivity contribution in [3.8, 4) is 0 Å². The monoisotopic (exact) mass is 187 g/mol. The van der Waals surface area contributed by atoms with E-state index in [2.05, 4.69) is 35.2 Å². The van der Waals surface area contributed by atoms with Crippen molar-refractivity contribution in [1.29, 1.82) is 0 Å². The van der Waals surface area contributed by atoms with Crippen LogP contribution in [-0.4, -0.2) is 17.5 Å². The van der Waals surface area contributed by atoms with E-state index < -0.39 is 0 Å². The molecule has 3 rings (SSSR count). The Morgan fingerprint density at radius 1 is 1.14 bits per heavy atom. The molecule has 2 atom stereocenters. The highest BCUT2D eigenvalue weighted by molar-refractivity contribution is 5.15. The molecular weight excluding hydrogens is 170 g/mol. The second kappa shape index (κ2) is 3.39. The van der Waals surface area contributed by atoms with Gasteiger partial charge < -0.3 is 0 Å². The molecule has 74 valence electrons. The number of rotatable bonds is 2. The Balaban J connectivity index is 1.69. The molecule has 0 N–H and O–H groups in total. The van der Waals surface area contributed by atoms with Gasteiger partial charge in [0.15, 0.2) is 0 Å². The van der Waals surface area contributed by atoms with Crippen molar-refractivity contribution >= 4 is 0 Å². The number of hydrogen-bond acceptors (Lipinski definition) is 1. The molecule has 2 aliphatic rings. The number of nitrogens with zero attached hydrogens (tertiary/aromatic N) is 1. The van der Waals surface area contributed by atoms with Crippen LogP contribution in [0, 0.1) is 5.92 Å². The largest absolute Gasteiger partial charge is 0.296 e. The summed E-state index contributed by atoms with van der Waals surface area (Å²) < 4.78 is 0. The Kier molecular flexibility index (Phi) is 2.06. The van der Waals surface area contributed by atoms with Gasteiger partial charge in [-0.05, 0) is 30.7 Å². The summed E-state index contributed by atoms with van der Waals surface area (Å²) in [7, 11) is 0.